The summed E-state index contributed by atoms with van der Waals surface area (Å²) in [4.78, 5) is 14.2. The van der Waals surface area contributed by atoms with Crippen molar-refractivity contribution < 1.29 is 9.53 Å². The van der Waals surface area contributed by atoms with Crippen molar-refractivity contribution in [2.24, 2.45) is 0 Å². The molecule has 1 heterocycles. The maximum atomic E-state index is 10.1. The predicted octanol–water partition coefficient (Wildman–Crippen LogP) is 0.645. The summed E-state index contributed by atoms with van der Waals surface area (Å²) in [5.41, 5.74) is 1.76. The second kappa shape index (κ2) is 4.45. The number of methoxy groups -OCH3 is 1. The zero-order valence-corrected chi connectivity index (χ0v) is 7.70. The molecule has 1 amide bonds. The van der Waals surface area contributed by atoms with Gasteiger partial charge in [0.1, 0.15) is 11.4 Å². The molecule has 0 aliphatic carbocycles. The molecule has 1 rings (SSSR count). The molecule has 0 aromatic carbocycles. The lowest BCUT2D eigenvalue weighted by Crippen LogP contribution is -2.12. The molecule has 0 bridgehead atoms. The average molecular weight is 180 g/mol. The van der Waals surface area contributed by atoms with E-state index in [1.165, 1.54) is 0 Å². The first-order chi connectivity index (χ1) is 6.29. The Kier molecular flexibility index (Phi) is 3.25. The normalized spacial score (nSPS) is 9.38. The number of nitrogens with zero attached hydrogens (tertiary/aromatic N) is 1. The number of hydrogen-bond donors (Lipinski definition) is 1. The van der Waals surface area contributed by atoms with Gasteiger partial charge >= 0.3 is 0 Å². The minimum atomic E-state index is 0.397. The summed E-state index contributed by atoms with van der Waals surface area (Å²) in [5, 5.41) is 2.54. The van der Waals surface area contributed by atoms with Crippen LogP contribution < -0.4 is 10.1 Å². The van der Waals surface area contributed by atoms with Crippen molar-refractivity contribution in [1.29, 1.82) is 0 Å². The van der Waals surface area contributed by atoms with Gasteiger partial charge in [0.15, 0.2) is 0 Å². The first-order valence-electron chi connectivity index (χ1n) is 3.95. The van der Waals surface area contributed by atoms with Crippen LogP contribution >= 0.6 is 0 Å². The van der Waals surface area contributed by atoms with Crippen molar-refractivity contribution in [1.82, 2.24) is 10.3 Å². The quantitative estimate of drug-likeness (QED) is 0.692. The Morgan fingerprint density at radius 3 is 3.08 bits per heavy atom. The second-order valence-corrected chi connectivity index (χ2v) is 2.61. The van der Waals surface area contributed by atoms with Gasteiger partial charge in [-0.05, 0) is 18.6 Å². The van der Waals surface area contributed by atoms with Crippen molar-refractivity contribution in [3.63, 3.8) is 0 Å². The van der Waals surface area contributed by atoms with Gasteiger partial charge in [0.05, 0.1) is 13.7 Å². The minimum Gasteiger partial charge on any atom is -0.494 e. The SMILES string of the molecule is COc1c(C)ccnc1CNC=O. The highest BCUT2D eigenvalue weighted by atomic mass is 16.5. The van der Waals surface area contributed by atoms with Gasteiger partial charge in [-0.25, -0.2) is 0 Å². The number of carbonyl (C=O) groups is 1. The van der Waals surface area contributed by atoms with Gasteiger partial charge in [-0.3, -0.25) is 9.78 Å². The van der Waals surface area contributed by atoms with E-state index in [9.17, 15) is 4.79 Å². The maximum Gasteiger partial charge on any atom is 0.207 e. The number of rotatable bonds is 4. The molecule has 0 saturated heterocycles. The number of nitrogens with one attached hydrogen (secondary N) is 1. The Bertz CT molecular complexity index is 300. The molecular formula is C9H12N2O2. The highest BCUT2D eigenvalue weighted by molar-refractivity contribution is 5.47. The highest BCUT2D eigenvalue weighted by Gasteiger charge is 2.05. The van der Waals surface area contributed by atoms with Crippen LogP contribution in [0.4, 0.5) is 0 Å². The molecular weight excluding hydrogens is 168 g/mol. The van der Waals surface area contributed by atoms with Gasteiger partial charge in [-0.1, -0.05) is 0 Å². The molecule has 0 spiro atoms. The van der Waals surface area contributed by atoms with Crippen molar-refractivity contribution in [3.8, 4) is 5.75 Å². The first kappa shape index (κ1) is 9.51. The van der Waals surface area contributed by atoms with Gasteiger partial charge in [-0.2, -0.15) is 0 Å². The van der Waals surface area contributed by atoms with Gasteiger partial charge in [0.2, 0.25) is 6.41 Å². The lowest BCUT2D eigenvalue weighted by atomic mass is 10.2. The Morgan fingerprint density at radius 1 is 1.69 bits per heavy atom. The van der Waals surface area contributed by atoms with Crippen LogP contribution in [0.25, 0.3) is 0 Å². The van der Waals surface area contributed by atoms with E-state index in [-0.39, 0.29) is 0 Å². The number of amides is 1. The fraction of sp³-hybridized carbons (Fsp3) is 0.333. The maximum absolute atomic E-state index is 10.1. The smallest absolute Gasteiger partial charge is 0.207 e. The first-order valence-corrected chi connectivity index (χ1v) is 3.95. The van der Waals surface area contributed by atoms with Crippen molar-refractivity contribution >= 4 is 6.41 Å². The van der Waals surface area contributed by atoms with E-state index in [2.05, 4.69) is 10.3 Å². The van der Waals surface area contributed by atoms with Gasteiger partial charge in [-0.15, -0.1) is 0 Å². The van der Waals surface area contributed by atoms with Crippen molar-refractivity contribution in [2.45, 2.75) is 13.5 Å². The lowest BCUT2D eigenvalue weighted by Gasteiger charge is -2.08. The van der Waals surface area contributed by atoms with Crippen LogP contribution in [-0.2, 0) is 11.3 Å². The summed E-state index contributed by atoms with van der Waals surface area (Å²) in [6.07, 6.45) is 2.34. The van der Waals surface area contributed by atoms with Crippen LogP contribution in [0, 0.1) is 6.92 Å². The van der Waals surface area contributed by atoms with Gasteiger partial charge in [0, 0.05) is 6.20 Å². The summed E-state index contributed by atoms with van der Waals surface area (Å²) in [7, 11) is 1.59. The summed E-state index contributed by atoms with van der Waals surface area (Å²) < 4.78 is 5.15. The van der Waals surface area contributed by atoms with Crippen LogP contribution in [0.3, 0.4) is 0 Å². The molecule has 0 saturated carbocycles. The Morgan fingerprint density at radius 2 is 2.46 bits per heavy atom. The molecule has 70 valence electrons. The number of aryl methyl sites for hydroxylation is 1. The van der Waals surface area contributed by atoms with Crippen LogP contribution in [0.5, 0.6) is 5.75 Å². The molecule has 1 aromatic rings. The Hall–Kier alpha value is -1.58. The van der Waals surface area contributed by atoms with Crippen molar-refractivity contribution in [2.75, 3.05) is 7.11 Å². The standard InChI is InChI=1S/C9H12N2O2/c1-7-3-4-11-8(5-10-6-12)9(7)13-2/h3-4,6H,5H2,1-2H3,(H,10,12). The van der Waals surface area contributed by atoms with Crippen LogP contribution in [0.2, 0.25) is 0 Å². The molecule has 4 heteroatoms. The summed E-state index contributed by atoms with van der Waals surface area (Å²) >= 11 is 0. The van der Waals surface area contributed by atoms with E-state index in [1.807, 2.05) is 13.0 Å². The Labute approximate surface area is 76.9 Å². The third kappa shape index (κ3) is 2.18. The Balaban J connectivity index is 2.91. The summed E-state index contributed by atoms with van der Waals surface area (Å²) in [6, 6.07) is 1.86. The monoisotopic (exact) mass is 180 g/mol. The van der Waals surface area contributed by atoms with E-state index >= 15 is 0 Å². The van der Waals surface area contributed by atoms with E-state index < -0.39 is 0 Å². The molecule has 13 heavy (non-hydrogen) atoms. The van der Waals surface area contributed by atoms with E-state index in [4.69, 9.17) is 4.74 Å². The van der Waals surface area contributed by atoms with Gasteiger partial charge < -0.3 is 10.1 Å². The topological polar surface area (TPSA) is 51.2 Å². The lowest BCUT2D eigenvalue weighted by molar-refractivity contribution is -0.109. The molecule has 0 radical (unpaired) electrons. The van der Waals surface area contributed by atoms with Gasteiger partial charge in [0.25, 0.3) is 0 Å². The molecule has 0 aliphatic heterocycles. The third-order valence-corrected chi connectivity index (χ3v) is 1.73. The molecule has 0 aliphatic rings. The van der Waals surface area contributed by atoms with E-state index in [1.54, 1.807) is 13.3 Å². The average Bonchev–Trinajstić information content (AvgIpc) is 2.15. The molecule has 1 N–H and O–H groups in total. The van der Waals surface area contributed by atoms with Crippen LogP contribution in [0.1, 0.15) is 11.3 Å². The van der Waals surface area contributed by atoms with E-state index in [0.717, 1.165) is 17.0 Å². The zero-order valence-electron chi connectivity index (χ0n) is 7.70. The number of carbonyl (C=O) groups excluding carboxylic acids is 1. The number of aromatic nitrogens is 1. The largest absolute Gasteiger partial charge is 0.494 e. The molecule has 0 atom stereocenters. The molecule has 1 aromatic heterocycles. The van der Waals surface area contributed by atoms with Crippen molar-refractivity contribution in [3.05, 3.63) is 23.5 Å². The fourth-order valence-electron chi connectivity index (χ4n) is 1.14. The minimum absolute atomic E-state index is 0.397. The number of hydrogen-bond acceptors (Lipinski definition) is 3. The zero-order chi connectivity index (χ0) is 9.68. The summed E-state index contributed by atoms with van der Waals surface area (Å²) in [5.74, 6) is 0.733. The second-order valence-electron chi connectivity index (χ2n) is 2.61. The third-order valence-electron chi connectivity index (χ3n) is 1.73. The van der Waals surface area contributed by atoms with E-state index in [0.29, 0.717) is 13.0 Å². The highest BCUT2D eigenvalue weighted by Crippen LogP contribution is 2.19. The predicted molar refractivity (Wildman–Crippen MR) is 48.4 cm³/mol. The van der Waals surface area contributed by atoms with Crippen LogP contribution in [-0.4, -0.2) is 18.5 Å². The number of pyridine rings is 1. The summed E-state index contributed by atoms with van der Waals surface area (Å²) in [6.45, 7) is 2.33. The molecule has 4 nitrogen and oxygen atoms in total. The van der Waals surface area contributed by atoms with Crippen LogP contribution in [0.15, 0.2) is 12.3 Å². The fourth-order valence-corrected chi connectivity index (χ4v) is 1.14. The number of ether oxygens (including phenoxy) is 1. The molecule has 0 fully saturated rings. The molecule has 0 unspecified atom stereocenters.